The van der Waals surface area contributed by atoms with Crippen LogP contribution in [-0.2, 0) is 4.74 Å². The zero-order valence-electron chi connectivity index (χ0n) is 9.28. The summed E-state index contributed by atoms with van der Waals surface area (Å²) in [7, 11) is 0. The van der Waals surface area contributed by atoms with Gasteiger partial charge in [0, 0.05) is 16.1 Å². The molecule has 16 heavy (non-hydrogen) atoms. The number of ketones is 1. The van der Waals surface area contributed by atoms with Crippen LogP contribution in [0.1, 0.15) is 30.1 Å². The fraction of sp³-hybridized carbons (Fsp3) is 0.308. The molecule has 0 atom stereocenters. The third-order valence-electron chi connectivity index (χ3n) is 2.04. The Morgan fingerprint density at radius 1 is 1.50 bits per heavy atom. The Hall–Kier alpha value is -1.09. The molecular weight excluding hydrogens is 268 g/mol. The number of hydrogen-bond donors (Lipinski definition) is 0. The van der Waals surface area contributed by atoms with Crippen molar-refractivity contribution in [3.63, 3.8) is 0 Å². The van der Waals surface area contributed by atoms with Gasteiger partial charge in [0.2, 0.25) is 0 Å². The van der Waals surface area contributed by atoms with Crippen LogP contribution in [0.25, 0.3) is 0 Å². The molecule has 0 spiro atoms. The van der Waals surface area contributed by atoms with Crippen LogP contribution in [0.15, 0.2) is 41.1 Å². The summed E-state index contributed by atoms with van der Waals surface area (Å²) in [6.07, 6.45) is 5.03. The summed E-state index contributed by atoms with van der Waals surface area (Å²) in [6.45, 7) is 2.76. The lowest BCUT2D eigenvalue weighted by Crippen LogP contribution is -1.94. The van der Waals surface area contributed by atoms with Gasteiger partial charge in [-0.3, -0.25) is 4.79 Å². The predicted molar refractivity (Wildman–Crippen MR) is 68.5 cm³/mol. The summed E-state index contributed by atoms with van der Waals surface area (Å²) in [4.78, 5) is 11.6. The second kappa shape index (κ2) is 7.23. The minimum Gasteiger partial charge on any atom is -0.501 e. The van der Waals surface area contributed by atoms with E-state index in [1.54, 1.807) is 12.1 Å². The summed E-state index contributed by atoms with van der Waals surface area (Å²) in [6, 6.07) is 7.30. The van der Waals surface area contributed by atoms with Crippen LogP contribution < -0.4 is 0 Å². The minimum absolute atomic E-state index is 0.0437. The van der Waals surface area contributed by atoms with Crippen LogP contribution in [0.2, 0.25) is 0 Å². The Bertz CT molecular complexity index is 372. The third-order valence-corrected chi connectivity index (χ3v) is 2.53. The number of carbonyl (C=O) groups excluding carboxylic acids is 1. The molecule has 86 valence electrons. The Kier molecular flexibility index (Phi) is 5.86. The van der Waals surface area contributed by atoms with Crippen molar-refractivity contribution in [1.29, 1.82) is 0 Å². The van der Waals surface area contributed by atoms with E-state index in [1.165, 1.54) is 12.3 Å². The first kappa shape index (κ1) is 13.0. The highest BCUT2D eigenvalue weighted by atomic mass is 79.9. The maximum atomic E-state index is 11.6. The Morgan fingerprint density at radius 2 is 2.31 bits per heavy atom. The van der Waals surface area contributed by atoms with Crippen molar-refractivity contribution < 1.29 is 9.53 Å². The number of benzene rings is 1. The number of allylic oxidation sites excluding steroid dienone is 1. The minimum atomic E-state index is -0.0437. The number of carbonyl (C=O) groups is 1. The van der Waals surface area contributed by atoms with Gasteiger partial charge in [-0.25, -0.2) is 0 Å². The van der Waals surface area contributed by atoms with E-state index < -0.39 is 0 Å². The summed E-state index contributed by atoms with van der Waals surface area (Å²) >= 11 is 3.33. The van der Waals surface area contributed by atoms with Crippen molar-refractivity contribution in [3.05, 3.63) is 46.6 Å². The lowest BCUT2D eigenvalue weighted by Gasteiger charge is -1.98. The molecule has 0 saturated heterocycles. The molecule has 0 fully saturated rings. The summed E-state index contributed by atoms with van der Waals surface area (Å²) in [5.41, 5.74) is 0.657. The van der Waals surface area contributed by atoms with Crippen LogP contribution in [0.3, 0.4) is 0 Å². The average Bonchev–Trinajstić information content (AvgIpc) is 2.28. The topological polar surface area (TPSA) is 26.3 Å². The second-order valence-electron chi connectivity index (χ2n) is 3.40. The van der Waals surface area contributed by atoms with Crippen molar-refractivity contribution >= 4 is 21.7 Å². The lowest BCUT2D eigenvalue weighted by molar-refractivity contribution is 0.104. The van der Waals surface area contributed by atoms with Crippen LogP contribution >= 0.6 is 15.9 Å². The molecule has 3 heteroatoms. The molecule has 0 amide bonds. The zero-order valence-corrected chi connectivity index (χ0v) is 10.9. The molecule has 0 saturated carbocycles. The van der Waals surface area contributed by atoms with Gasteiger partial charge >= 0.3 is 0 Å². The van der Waals surface area contributed by atoms with Crippen molar-refractivity contribution in [2.75, 3.05) is 6.61 Å². The van der Waals surface area contributed by atoms with E-state index in [-0.39, 0.29) is 5.78 Å². The Labute approximate surface area is 104 Å². The van der Waals surface area contributed by atoms with E-state index in [0.29, 0.717) is 12.2 Å². The van der Waals surface area contributed by atoms with E-state index in [9.17, 15) is 4.79 Å². The molecular formula is C13H15BrO2. The molecule has 0 aliphatic rings. The van der Waals surface area contributed by atoms with Gasteiger partial charge in [0.05, 0.1) is 12.9 Å². The van der Waals surface area contributed by atoms with Gasteiger partial charge < -0.3 is 4.74 Å². The van der Waals surface area contributed by atoms with Crippen molar-refractivity contribution in [3.8, 4) is 0 Å². The van der Waals surface area contributed by atoms with Crippen molar-refractivity contribution in [1.82, 2.24) is 0 Å². The van der Waals surface area contributed by atoms with Crippen molar-refractivity contribution in [2.45, 2.75) is 19.8 Å². The molecule has 1 aromatic carbocycles. The molecule has 0 heterocycles. The zero-order chi connectivity index (χ0) is 11.8. The molecule has 0 bridgehead atoms. The van der Waals surface area contributed by atoms with Gasteiger partial charge in [-0.05, 0) is 18.6 Å². The first-order valence-corrected chi connectivity index (χ1v) is 6.11. The summed E-state index contributed by atoms with van der Waals surface area (Å²) in [5.74, 6) is -0.0437. The molecule has 1 rings (SSSR count). The van der Waals surface area contributed by atoms with Crippen molar-refractivity contribution in [2.24, 2.45) is 0 Å². The number of hydrogen-bond acceptors (Lipinski definition) is 2. The van der Waals surface area contributed by atoms with Crippen LogP contribution in [-0.4, -0.2) is 12.4 Å². The SMILES string of the molecule is CCCCO/C=C/C(=O)c1cccc(Br)c1. The fourth-order valence-electron chi connectivity index (χ4n) is 1.14. The largest absolute Gasteiger partial charge is 0.501 e. The highest BCUT2D eigenvalue weighted by Gasteiger charge is 2.01. The number of halogens is 1. The maximum absolute atomic E-state index is 11.6. The highest BCUT2D eigenvalue weighted by molar-refractivity contribution is 9.10. The normalized spacial score (nSPS) is 10.6. The average molecular weight is 283 g/mol. The van der Waals surface area contributed by atoms with Gasteiger partial charge in [-0.2, -0.15) is 0 Å². The van der Waals surface area contributed by atoms with E-state index in [2.05, 4.69) is 22.9 Å². The predicted octanol–water partition coefficient (Wildman–Crippen LogP) is 3.96. The molecule has 1 aromatic rings. The quantitative estimate of drug-likeness (QED) is 0.342. The highest BCUT2D eigenvalue weighted by Crippen LogP contribution is 2.12. The van der Waals surface area contributed by atoms with Crippen LogP contribution in [0.4, 0.5) is 0 Å². The van der Waals surface area contributed by atoms with Crippen LogP contribution in [0, 0.1) is 0 Å². The molecule has 0 aliphatic heterocycles. The second-order valence-corrected chi connectivity index (χ2v) is 4.32. The first-order valence-electron chi connectivity index (χ1n) is 5.32. The number of unbranched alkanes of at least 4 members (excludes halogenated alkanes) is 1. The Morgan fingerprint density at radius 3 is 3.00 bits per heavy atom. The smallest absolute Gasteiger partial charge is 0.188 e. The molecule has 0 aliphatic carbocycles. The fourth-order valence-corrected chi connectivity index (χ4v) is 1.54. The molecule has 0 aromatic heterocycles. The van der Waals surface area contributed by atoms with Crippen LogP contribution in [0.5, 0.6) is 0 Å². The number of ether oxygens (including phenoxy) is 1. The van der Waals surface area contributed by atoms with Gasteiger partial charge in [-0.15, -0.1) is 0 Å². The van der Waals surface area contributed by atoms with E-state index in [4.69, 9.17) is 4.74 Å². The molecule has 2 nitrogen and oxygen atoms in total. The lowest BCUT2D eigenvalue weighted by atomic mass is 10.1. The monoisotopic (exact) mass is 282 g/mol. The third kappa shape index (κ3) is 4.62. The van der Waals surface area contributed by atoms with Gasteiger partial charge in [-0.1, -0.05) is 41.4 Å². The first-order chi connectivity index (χ1) is 7.74. The van der Waals surface area contributed by atoms with E-state index in [1.807, 2.05) is 12.1 Å². The molecule has 0 radical (unpaired) electrons. The van der Waals surface area contributed by atoms with E-state index >= 15 is 0 Å². The standard InChI is InChI=1S/C13H15BrO2/c1-2-3-8-16-9-7-13(15)11-5-4-6-12(14)10-11/h4-7,9-10H,2-3,8H2,1H3/b9-7+. The number of rotatable bonds is 6. The van der Waals surface area contributed by atoms with Gasteiger partial charge in [0.15, 0.2) is 5.78 Å². The summed E-state index contributed by atoms with van der Waals surface area (Å²) < 4.78 is 6.08. The molecule has 0 N–H and O–H groups in total. The van der Waals surface area contributed by atoms with Gasteiger partial charge in [0.25, 0.3) is 0 Å². The van der Waals surface area contributed by atoms with E-state index in [0.717, 1.165) is 17.3 Å². The van der Waals surface area contributed by atoms with Gasteiger partial charge in [0.1, 0.15) is 0 Å². The Balaban J connectivity index is 2.46. The maximum Gasteiger partial charge on any atom is 0.188 e. The molecule has 0 unspecified atom stereocenters. The summed E-state index contributed by atoms with van der Waals surface area (Å²) in [5, 5.41) is 0.